The third-order valence-corrected chi connectivity index (χ3v) is 0.966. The average molecular weight is 129 g/mol. The molecule has 0 heterocycles. The third kappa shape index (κ3) is 7.47. The second kappa shape index (κ2) is 5.60. The Morgan fingerprint density at radius 1 is 1.56 bits per heavy atom. The first-order chi connectivity index (χ1) is 4.27. The van der Waals surface area contributed by atoms with Crippen molar-refractivity contribution < 1.29 is 4.84 Å². The van der Waals surface area contributed by atoms with Crippen molar-refractivity contribution in [3.05, 3.63) is 0 Å². The Labute approximate surface area is 56.9 Å². The van der Waals surface area contributed by atoms with E-state index in [4.69, 9.17) is 4.84 Å². The molecule has 0 aliphatic carbocycles. The zero-order valence-electron chi connectivity index (χ0n) is 6.42. The van der Waals surface area contributed by atoms with E-state index in [1.807, 2.05) is 6.92 Å². The lowest BCUT2D eigenvalue weighted by molar-refractivity contribution is 0.134. The number of hydrogen-bond donors (Lipinski definition) is 0. The SMILES string of the molecule is CC=NOCCC(C)C. The van der Waals surface area contributed by atoms with Crippen LogP contribution in [0.15, 0.2) is 5.16 Å². The Morgan fingerprint density at radius 2 is 2.22 bits per heavy atom. The van der Waals surface area contributed by atoms with Crippen LogP contribution in [-0.4, -0.2) is 12.8 Å². The summed E-state index contributed by atoms with van der Waals surface area (Å²) in [7, 11) is 0. The van der Waals surface area contributed by atoms with E-state index in [9.17, 15) is 0 Å². The quantitative estimate of drug-likeness (QED) is 0.323. The minimum atomic E-state index is 0.706. The molecule has 0 N–H and O–H groups in total. The van der Waals surface area contributed by atoms with Gasteiger partial charge >= 0.3 is 0 Å². The Bertz CT molecular complexity index is 79.0. The topological polar surface area (TPSA) is 21.6 Å². The molecule has 2 nitrogen and oxygen atoms in total. The van der Waals surface area contributed by atoms with Crippen LogP contribution in [0.3, 0.4) is 0 Å². The van der Waals surface area contributed by atoms with Gasteiger partial charge in [-0.15, -0.1) is 0 Å². The minimum Gasteiger partial charge on any atom is -0.396 e. The molecule has 0 bridgehead atoms. The molecule has 0 saturated heterocycles. The molecule has 0 rings (SSSR count). The van der Waals surface area contributed by atoms with Gasteiger partial charge in [0.2, 0.25) is 0 Å². The van der Waals surface area contributed by atoms with E-state index in [0.717, 1.165) is 13.0 Å². The average Bonchev–Trinajstić information content (AvgIpc) is 1.80. The van der Waals surface area contributed by atoms with Crippen LogP contribution in [0.2, 0.25) is 0 Å². The van der Waals surface area contributed by atoms with E-state index in [2.05, 4.69) is 19.0 Å². The first-order valence-corrected chi connectivity index (χ1v) is 3.37. The van der Waals surface area contributed by atoms with Crippen molar-refractivity contribution in [3.63, 3.8) is 0 Å². The van der Waals surface area contributed by atoms with Crippen molar-refractivity contribution in [2.24, 2.45) is 11.1 Å². The molecule has 0 aromatic carbocycles. The van der Waals surface area contributed by atoms with Gasteiger partial charge in [0.25, 0.3) is 0 Å². The van der Waals surface area contributed by atoms with E-state index in [1.165, 1.54) is 0 Å². The molecule has 0 radical (unpaired) electrons. The highest BCUT2D eigenvalue weighted by Gasteiger charge is 1.91. The Kier molecular flexibility index (Phi) is 5.27. The molecule has 0 fully saturated rings. The van der Waals surface area contributed by atoms with Gasteiger partial charge in [0.15, 0.2) is 0 Å². The Morgan fingerprint density at radius 3 is 2.67 bits per heavy atom. The fourth-order valence-electron chi connectivity index (χ4n) is 0.416. The van der Waals surface area contributed by atoms with Gasteiger partial charge in [0.05, 0.1) is 0 Å². The van der Waals surface area contributed by atoms with E-state index < -0.39 is 0 Å². The fraction of sp³-hybridized carbons (Fsp3) is 0.857. The van der Waals surface area contributed by atoms with Crippen LogP contribution in [0.1, 0.15) is 27.2 Å². The molecule has 0 spiro atoms. The molecule has 0 saturated carbocycles. The van der Waals surface area contributed by atoms with Crippen molar-refractivity contribution >= 4 is 6.21 Å². The van der Waals surface area contributed by atoms with Crippen LogP contribution in [0, 0.1) is 5.92 Å². The molecule has 0 aromatic heterocycles. The van der Waals surface area contributed by atoms with Gasteiger partial charge in [-0.1, -0.05) is 19.0 Å². The third-order valence-electron chi connectivity index (χ3n) is 0.966. The molecule has 0 aliphatic rings. The smallest absolute Gasteiger partial charge is 0.117 e. The Balaban J connectivity index is 2.91. The molecule has 54 valence electrons. The molecular weight excluding hydrogens is 114 g/mol. The van der Waals surface area contributed by atoms with Crippen LogP contribution in [0.5, 0.6) is 0 Å². The van der Waals surface area contributed by atoms with Gasteiger partial charge in [-0.25, -0.2) is 0 Å². The maximum absolute atomic E-state index is 4.86. The molecule has 9 heavy (non-hydrogen) atoms. The van der Waals surface area contributed by atoms with Crippen molar-refractivity contribution in [1.29, 1.82) is 0 Å². The lowest BCUT2D eigenvalue weighted by Gasteiger charge is -2.00. The Hall–Kier alpha value is -0.530. The summed E-state index contributed by atoms with van der Waals surface area (Å²) in [6, 6.07) is 0. The second-order valence-electron chi connectivity index (χ2n) is 2.38. The maximum Gasteiger partial charge on any atom is 0.117 e. The summed E-state index contributed by atoms with van der Waals surface area (Å²) >= 11 is 0. The van der Waals surface area contributed by atoms with Gasteiger partial charge in [-0.2, -0.15) is 0 Å². The summed E-state index contributed by atoms with van der Waals surface area (Å²) in [5, 5.41) is 3.62. The summed E-state index contributed by atoms with van der Waals surface area (Å²) in [6.07, 6.45) is 2.73. The van der Waals surface area contributed by atoms with E-state index in [0.29, 0.717) is 5.92 Å². The summed E-state index contributed by atoms with van der Waals surface area (Å²) < 4.78 is 0. The van der Waals surface area contributed by atoms with Crippen molar-refractivity contribution in [1.82, 2.24) is 0 Å². The van der Waals surface area contributed by atoms with E-state index in [-0.39, 0.29) is 0 Å². The first-order valence-electron chi connectivity index (χ1n) is 3.37. The lowest BCUT2D eigenvalue weighted by atomic mass is 10.1. The van der Waals surface area contributed by atoms with Crippen LogP contribution in [0.25, 0.3) is 0 Å². The highest BCUT2D eigenvalue weighted by molar-refractivity contribution is 5.52. The molecule has 0 atom stereocenters. The highest BCUT2D eigenvalue weighted by Crippen LogP contribution is 1.98. The fourth-order valence-corrected chi connectivity index (χ4v) is 0.416. The maximum atomic E-state index is 4.86. The standard InChI is InChI=1S/C7H15NO/c1-4-8-9-6-5-7(2)3/h4,7H,5-6H2,1-3H3. The largest absolute Gasteiger partial charge is 0.396 e. The van der Waals surface area contributed by atoms with E-state index >= 15 is 0 Å². The van der Waals surface area contributed by atoms with Crippen molar-refractivity contribution in [2.75, 3.05) is 6.61 Å². The summed E-state index contributed by atoms with van der Waals surface area (Å²) in [5.74, 6) is 0.706. The molecule has 0 aliphatic heterocycles. The summed E-state index contributed by atoms with van der Waals surface area (Å²) in [4.78, 5) is 4.86. The first kappa shape index (κ1) is 8.47. The van der Waals surface area contributed by atoms with Gasteiger partial charge in [0, 0.05) is 6.21 Å². The highest BCUT2D eigenvalue weighted by atomic mass is 16.6. The normalized spacial score (nSPS) is 11.1. The predicted molar refractivity (Wildman–Crippen MR) is 39.6 cm³/mol. The second-order valence-corrected chi connectivity index (χ2v) is 2.38. The lowest BCUT2D eigenvalue weighted by Crippen LogP contribution is -1.93. The molecule has 0 unspecified atom stereocenters. The molecule has 2 heteroatoms. The molecule has 0 aromatic rings. The zero-order valence-corrected chi connectivity index (χ0v) is 6.42. The summed E-state index contributed by atoms with van der Waals surface area (Å²) in [5.41, 5.74) is 0. The molecule has 0 amide bonds. The number of hydrogen-bond acceptors (Lipinski definition) is 2. The monoisotopic (exact) mass is 129 g/mol. The van der Waals surface area contributed by atoms with Gasteiger partial charge in [-0.3, -0.25) is 0 Å². The van der Waals surface area contributed by atoms with Gasteiger partial charge in [0.1, 0.15) is 6.61 Å². The molecular formula is C7H15NO. The van der Waals surface area contributed by atoms with Crippen LogP contribution < -0.4 is 0 Å². The van der Waals surface area contributed by atoms with Gasteiger partial charge in [-0.05, 0) is 19.3 Å². The number of oxime groups is 1. The van der Waals surface area contributed by atoms with E-state index in [1.54, 1.807) is 6.21 Å². The predicted octanol–water partition coefficient (Wildman–Crippen LogP) is 2.05. The van der Waals surface area contributed by atoms with Crippen LogP contribution in [-0.2, 0) is 4.84 Å². The number of nitrogens with zero attached hydrogens (tertiary/aromatic N) is 1. The number of rotatable bonds is 4. The van der Waals surface area contributed by atoms with Crippen LogP contribution >= 0.6 is 0 Å². The van der Waals surface area contributed by atoms with Crippen LogP contribution in [0.4, 0.5) is 0 Å². The zero-order chi connectivity index (χ0) is 7.11. The van der Waals surface area contributed by atoms with Crippen molar-refractivity contribution in [2.45, 2.75) is 27.2 Å². The minimum absolute atomic E-state index is 0.706. The van der Waals surface area contributed by atoms with Gasteiger partial charge < -0.3 is 4.84 Å². The van der Waals surface area contributed by atoms with Crippen molar-refractivity contribution in [3.8, 4) is 0 Å². The summed E-state index contributed by atoms with van der Waals surface area (Å²) in [6.45, 7) is 6.91.